The zero-order valence-corrected chi connectivity index (χ0v) is 15.7. The lowest BCUT2D eigenvalue weighted by molar-refractivity contribution is 0.0951. The third-order valence-corrected chi connectivity index (χ3v) is 4.07. The lowest BCUT2D eigenvalue weighted by Crippen LogP contribution is -2.31. The molecule has 7 nitrogen and oxygen atoms in total. The van der Waals surface area contributed by atoms with Gasteiger partial charge in [-0.1, -0.05) is 6.07 Å². The smallest absolute Gasteiger partial charge is 0.306 e. The van der Waals surface area contributed by atoms with Crippen LogP contribution in [0.2, 0.25) is 0 Å². The lowest BCUT2D eigenvalue weighted by Gasteiger charge is -2.23. The molecule has 3 aromatic rings. The first kappa shape index (κ1) is 18.6. The fourth-order valence-electron chi connectivity index (χ4n) is 2.65. The predicted octanol–water partition coefficient (Wildman–Crippen LogP) is 3.14. The summed E-state index contributed by atoms with van der Waals surface area (Å²) in [5, 5.41) is 2.94. The van der Waals surface area contributed by atoms with E-state index in [1.165, 1.54) is 6.26 Å². The van der Waals surface area contributed by atoms with E-state index in [0.29, 0.717) is 18.1 Å². The number of rotatable bonds is 7. The molecule has 0 saturated heterocycles. The Morgan fingerprint density at radius 3 is 2.74 bits per heavy atom. The molecule has 0 fully saturated rings. The van der Waals surface area contributed by atoms with Crippen molar-refractivity contribution < 1.29 is 9.21 Å². The molecule has 2 aromatic heterocycles. The second-order valence-corrected chi connectivity index (χ2v) is 6.42. The summed E-state index contributed by atoms with van der Waals surface area (Å²) in [4.78, 5) is 24.9. The SMILES string of the molecule is Cc1ccc(C(=O)NCCN(C)C)cc1N(c1cccnc1)c1ncco1. The number of amides is 1. The summed E-state index contributed by atoms with van der Waals surface area (Å²) < 4.78 is 5.53. The Kier molecular flexibility index (Phi) is 5.83. The highest BCUT2D eigenvalue weighted by Crippen LogP contribution is 2.35. The van der Waals surface area contributed by atoms with Crippen LogP contribution in [-0.2, 0) is 0 Å². The van der Waals surface area contributed by atoms with E-state index >= 15 is 0 Å². The van der Waals surface area contributed by atoms with E-state index in [0.717, 1.165) is 23.5 Å². The van der Waals surface area contributed by atoms with E-state index in [-0.39, 0.29) is 5.91 Å². The molecule has 7 heteroatoms. The van der Waals surface area contributed by atoms with E-state index < -0.39 is 0 Å². The van der Waals surface area contributed by atoms with Crippen LogP contribution >= 0.6 is 0 Å². The van der Waals surface area contributed by atoms with E-state index in [4.69, 9.17) is 4.42 Å². The van der Waals surface area contributed by atoms with Gasteiger partial charge in [0.05, 0.1) is 23.8 Å². The number of hydrogen-bond donors (Lipinski definition) is 1. The molecule has 0 aliphatic carbocycles. The standard InChI is InChI=1S/C20H23N5O2/c1-15-6-7-16(19(26)22-9-11-24(2)3)13-18(15)25(20-23-10-12-27-20)17-5-4-8-21-14-17/h4-8,10,12-14H,9,11H2,1-3H3,(H,22,26). The number of aryl methyl sites for hydroxylation is 1. The van der Waals surface area contributed by atoms with Gasteiger partial charge in [0.15, 0.2) is 0 Å². The number of likely N-dealkylation sites (N-methyl/N-ethyl adjacent to an activating group) is 1. The number of nitrogens with one attached hydrogen (secondary N) is 1. The number of anilines is 3. The fourth-order valence-corrected chi connectivity index (χ4v) is 2.65. The Balaban J connectivity index is 1.94. The van der Waals surface area contributed by atoms with Crippen LogP contribution < -0.4 is 10.2 Å². The third-order valence-electron chi connectivity index (χ3n) is 4.07. The molecule has 0 radical (unpaired) electrons. The van der Waals surface area contributed by atoms with Gasteiger partial charge in [-0.25, -0.2) is 4.98 Å². The van der Waals surface area contributed by atoms with Crippen molar-refractivity contribution in [2.75, 3.05) is 32.1 Å². The average molecular weight is 365 g/mol. The zero-order chi connectivity index (χ0) is 19.2. The number of carbonyl (C=O) groups is 1. The van der Waals surface area contributed by atoms with E-state index in [9.17, 15) is 4.79 Å². The van der Waals surface area contributed by atoms with Gasteiger partial charge in [0.25, 0.3) is 5.91 Å². The maximum atomic E-state index is 12.5. The topological polar surface area (TPSA) is 74.5 Å². The zero-order valence-electron chi connectivity index (χ0n) is 15.7. The van der Waals surface area contributed by atoms with Crippen molar-refractivity contribution >= 4 is 23.3 Å². The number of benzene rings is 1. The number of oxazole rings is 1. The summed E-state index contributed by atoms with van der Waals surface area (Å²) in [6, 6.07) is 9.76. The number of hydrogen-bond acceptors (Lipinski definition) is 6. The second-order valence-electron chi connectivity index (χ2n) is 6.42. The molecular weight excluding hydrogens is 342 g/mol. The molecule has 1 N–H and O–H groups in total. The van der Waals surface area contributed by atoms with Crippen LogP contribution in [0.25, 0.3) is 0 Å². The molecule has 3 rings (SSSR count). The highest BCUT2D eigenvalue weighted by atomic mass is 16.4. The summed E-state index contributed by atoms with van der Waals surface area (Å²) >= 11 is 0. The van der Waals surface area contributed by atoms with Crippen molar-refractivity contribution in [1.82, 2.24) is 20.2 Å². The normalized spacial score (nSPS) is 10.8. The van der Waals surface area contributed by atoms with Crippen molar-refractivity contribution in [3.8, 4) is 0 Å². The Morgan fingerprint density at radius 2 is 2.07 bits per heavy atom. The minimum atomic E-state index is -0.114. The second kappa shape index (κ2) is 8.46. The van der Waals surface area contributed by atoms with Crippen molar-refractivity contribution in [3.05, 3.63) is 66.3 Å². The van der Waals surface area contributed by atoms with Crippen molar-refractivity contribution in [2.24, 2.45) is 0 Å². The van der Waals surface area contributed by atoms with E-state index in [1.807, 2.05) is 61.2 Å². The Morgan fingerprint density at radius 1 is 1.22 bits per heavy atom. The summed E-state index contributed by atoms with van der Waals surface area (Å²) in [7, 11) is 3.94. The van der Waals surface area contributed by atoms with Gasteiger partial charge in [-0.3, -0.25) is 14.7 Å². The Hall–Kier alpha value is -3.19. The van der Waals surface area contributed by atoms with Crippen molar-refractivity contribution in [3.63, 3.8) is 0 Å². The molecule has 0 aliphatic rings. The largest absolute Gasteiger partial charge is 0.432 e. The van der Waals surface area contributed by atoms with Gasteiger partial charge < -0.3 is 14.6 Å². The maximum Gasteiger partial charge on any atom is 0.306 e. The van der Waals surface area contributed by atoms with Gasteiger partial charge in [-0.15, -0.1) is 0 Å². The molecule has 140 valence electrons. The van der Waals surface area contributed by atoms with Gasteiger partial charge in [0.1, 0.15) is 6.26 Å². The van der Waals surface area contributed by atoms with E-state index in [1.54, 1.807) is 18.6 Å². The fraction of sp³-hybridized carbons (Fsp3) is 0.250. The van der Waals surface area contributed by atoms with Crippen LogP contribution in [-0.4, -0.2) is 48.0 Å². The summed E-state index contributed by atoms with van der Waals surface area (Å²) in [5.41, 5.74) is 3.18. The van der Waals surface area contributed by atoms with E-state index in [2.05, 4.69) is 15.3 Å². The summed E-state index contributed by atoms with van der Waals surface area (Å²) in [6.07, 6.45) is 6.55. The minimum Gasteiger partial charge on any atom is -0.432 e. The molecule has 27 heavy (non-hydrogen) atoms. The third kappa shape index (κ3) is 4.51. The van der Waals surface area contributed by atoms with Crippen LogP contribution in [0.3, 0.4) is 0 Å². The predicted molar refractivity (Wildman–Crippen MR) is 105 cm³/mol. The first-order valence-electron chi connectivity index (χ1n) is 8.69. The summed E-state index contributed by atoms with van der Waals surface area (Å²) in [6.45, 7) is 3.35. The molecule has 1 amide bonds. The van der Waals surface area contributed by atoms with Gasteiger partial charge >= 0.3 is 6.01 Å². The molecule has 0 spiro atoms. The highest BCUT2D eigenvalue weighted by Gasteiger charge is 2.20. The molecule has 0 aliphatic heterocycles. The maximum absolute atomic E-state index is 12.5. The molecule has 1 aromatic carbocycles. The van der Waals surface area contributed by atoms with Crippen LogP contribution in [0.5, 0.6) is 0 Å². The molecule has 0 saturated carbocycles. The number of nitrogens with zero attached hydrogens (tertiary/aromatic N) is 4. The summed E-state index contributed by atoms with van der Waals surface area (Å²) in [5.74, 6) is -0.114. The molecule has 2 heterocycles. The van der Waals surface area contributed by atoms with Crippen LogP contribution in [0.4, 0.5) is 17.4 Å². The molecule has 0 bridgehead atoms. The number of pyridine rings is 1. The van der Waals surface area contributed by atoms with Crippen molar-refractivity contribution in [1.29, 1.82) is 0 Å². The van der Waals surface area contributed by atoms with Gasteiger partial charge in [0, 0.05) is 24.8 Å². The van der Waals surface area contributed by atoms with Gasteiger partial charge in [-0.2, -0.15) is 0 Å². The Labute approximate surface area is 158 Å². The minimum absolute atomic E-state index is 0.114. The van der Waals surface area contributed by atoms with Crippen LogP contribution in [0, 0.1) is 6.92 Å². The Bertz CT molecular complexity index is 879. The first-order chi connectivity index (χ1) is 13.1. The monoisotopic (exact) mass is 365 g/mol. The van der Waals surface area contributed by atoms with Crippen LogP contribution in [0.1, 0.15) is 15.9 Å². The molecular formula is C20H23N5O2. The average Bonchev–Trinajstić information content (AvgIpc) is 3.18. The number of aromatic nitrogens is 2. The quantitative estimate of drug-likeness (QED) is 0.693. The van der Waals surface area contributed by atoms with Crippen LogP contribution in [0.15, 0.2) is 59.6 Å². The van der Waals surface area contributed by atoms with Gasteiger partial charge in [0.2, 0.25) is 0 Å². The first-order valence-corrected chi connectivity index (χ1v) is 8.69. The van der Waals surface area contributed by atoms with Crippen molar-refractivity contribution in [2.45, 2.75) is 6.92 Å². The number of carbonyl (C=O) groups excluding carboxylic acids is 1. The molecule has 0 unspecified atom stereocenters. The van der Waals surface area contributed by atoms with Gasteiger partial charge in [-0.05, 0) is 50.8 Å². The lowest BCUT2D eigenvalue weighted by atomic mass is 10.1. The molecule has 0 atom stereocenters. The highest BCUT2D eigenvalue weighted by molar-refractivity contribution is 5.96.